The molecule has 0 aliphatic heterocycles. The SMILES string of the molecule is CC(C)C1(CCC(=O)O)CCCCC1. The standard InChI is InChI=1S/C12H22O2/c1-10(2)12(9-6-11(13)14)7-4-3-5-8-12/h10H,3-9H2,1-2H3,(H,13,14). The smallest absolute Gasteiger partial charge is 0.303 e. The molecule has 2 heteroatoms. The molecule has 0 bridgehead atoms. The van der Waals surface area contributed by atoms with Crippen molar-refractivity contribution in [3.8, 4) is 0 Å². The number of carboxylic acids is 1. The number of carbonyl (C=O) groups is 1. The van der Waals surface area contributed by atoms with E-state index in [0.717, 1.165) is 6.42 Å². The van der Waals surface area contributed by atoms with Gasteiger partial charge in [-0.2, -0.15) is 0 Å². The minimum absolute atomic E-state index is 0.330. The first kappa shape index (κ1) is 11.5. The first-order valence-corrected chi connectivity index (χ1v) is 5.79. The topological polar surface area (TPSA) is 37.3 Å². The van der Waals surface area contributed by atoms with Crippen molar-refractivity contribution in [2.45, 2.75) is 58.8 Å². The molecule has 1 fully saturated rings. The van der Waals surface area contributed by atoms with Gasteiger partial charge in [0, 0.05) is 6.42 Å². The van der Waals surface area contributed by atoms with Gasteiger partial charge < -0.3 is 5.11 Å². The lowest BCUT2D eigenvalue weighted by molar-refractivity contribution is -0.138. The quantitative estimate of drug-likeness (QED) is 0.751. The zero-order chi connectivity index (χ0) is 10.6. The zero-order valence-electron chi connectivity index (χ0n) is 9.38. The normalized spacial score (nSPS) is 21.1. The summed E-state index contributed by atoms with van der Waals surface area (Å²) >= 11 is 0. The summed E-state index contributed by atoms with van der Waals surface area (Å²) in [6.45, 7) is 4.49. The lowest BCUT2D eigenvalue weighted by Crippen LogP contribution is -2.30. The fourth-order valence-corrected chi connectivity index (χ4v) is 2.73. The summed E-state index contributed by atoms with van der Waals surface area (Å²) in [7, 11) is 0. The highest BCUT2D eigenvalue weighted by molar-refractivity contribution is 5.66. The van der Waals surface area contributed by atoms with Gasteiger partial charge in [-0.05, 0) is 30.6 Å². The second-order valence-electron chi connectivity index (χ2n) is 4.97. The van der Waals surface area contributed by atoms with Crippen LogP contribution >= 0.6 is 0 Å². The maximum absolute atomic E-state index is 10.6. The maximum atomic E-state index is 10.6. The molecular weight excluding hydrogens is 176 g/mol. The number of hydrogen-bond acceptors (Lipinski definition) is 1. The summed E-state index contributed by atoms with van der Waals surface area (Å²) in [5, 5.41) is 8.74. The van der Waals surface area contributed by atoms with Crippen LogP contribution in [0.4, 0.5) is 0 Å². The lowest BCUT2D eigenvalue weighted by Gasteiger charge is -2.41. The number of carboxylic acid groups (broad SMARTS) is 1. The summed E-state index contributed by atoms with van der Waals surface area (Å²) < 4.78 is 0. The Bertz CT molecular complexity index is 190. The van der Waals surface area contributed by atoms with Gasteiger partial charge in [-0.15, -0.1) is 0 Å². The molecule has 0 unspecified atom stereocenters. The molecule has 0 amide bonds. The van der Waals surface area contributed by atoms with Crippen molar-refractivity contribution in [3.05, 3.63) is 0 Å². The summed E-state index contributed by atoms with van der Waals surface area (Å²) in [6, 6.07) is 0. The number of aliphatic carboxylic acids is 1. The van der Waals surface area contributed by atoms with E-state index in [1.165, 1.54) is 32.1 Å². The summed E-state index contributed by atoms with van der Waals surface area (Å²) in [5.41, 5.74) is 0.330. The Morgan fingerprint density at radius 3 is 2.29 bits per heavy atom. The van der Waals surface area contributed by atoms with E-state index < -0.39 is 5.97 Å². The van der Waals surface area contributed by atoms with Crippen molar-refractivity contribution >= 4 is 5.97 Å². The third-order valence-corrected chi connectivity index (χ3v) is 3.91. The molecule has 14 heavy (non-hydrogen) atoms. The Kier molecular flexibility index (Phi) is 3.97. The molecule has 1 N–H and O–H groups in total. The van der Waals surface area contributed by atoms with Gasteiger partial charge in [0.25, 0.3) is 0 Å². The van der Waals surface area contributed by atoms with Gasteiger partial charge in [0.2, 0.25) is 0 Å². The van der Waals surface area contributed by atoms with Crippen molar-refractivity contribution in [1.82, 2.24) is 0 Å². The molecule has 0 spiro atoms. The van der Waals surface area contributed by atoms with E-state index in [1.54, 1.807) is 0 Å². The number of rotatable bonds is 4. The Morgan fingerprint density at radius 2 is 1.86 bits per heavy atom. The monoisotopic (exact) mass is 198 g/mol. The molecule has 0 aromatic carbocycles. The second-order valence-corrected chi connectivity index (χ2v) is 4.97. The van der Waals surface area contributed by atoms with Crippen LogP contribution in [0.15, 0.2) is 0 Å². The maximum Gasteiger partial charge on any atom is 0.303 e. The second kappa shape index (κ2) is 4.81. The van der Waals surface area contributed by atoms with Crippen LogP contribution in [0, 0.1) is 11.3 Å². The number of hydrogen-bond donors (Lipinski definition) is 1. The van der Waals surface area contributed by atoms with E-state index >= 15 is 0 Å². The van der Waals surface area contributed by atoms with Gasteiger partial charge in [-0.1, -0.05) is 33.1 Å². The average Bonchev–Trinajstić information content (AvgIpc) is 2.16. The predicted octanol–water partition coefficient (Wildman–Crippen LogP) is 3.46. The highest BCUT2D eigenvalue weighted by Crippen LogP contribution is 2.45. The Balaban J connectivity index is 2.56. The van der Waals surface area contributed by atoms with Gasteiger partial charge in [0.05, 0.1) is 0 Å². The van der Waals surface area contributed by atoms with E-state index in [4.69, 9.17) is 5.11 Å². The molecule has 0 heterocycles. The molecular formula is C12H22O2. The molecule has 0 aromatic rings. The first-order chi connectivity index (χ1) is 6.57. The zero-order valence-corrected chi connectivity index (χ0v) is 9.38. The largest absolute Gasteiger partial charge is 0.481 e. The molecule has 1 aliphatic carbocycles. The Labute approximate surface area is 86.7 Å². The van der Waals surface area contributed by atoms with Crippen molar-refractivity contribution in [3.63, 3.8) is 0 Å². The summed E-state index contributed by atoms with van der Waals surface area (Å²) in [5.74, 6) is -0.0160. The minimum atomic E-state index is -0.643. The molecule has 82 valence electrons. The summed E-state index contributed by atoms with van der Waals surface area (Å²) in [6.07, 6.45) is 7.60. The van der Waals surface area contributed by atoms with E-state index in [1.807, 2.05) is 0 Å². The van der Waals surface area contributed by atoms with Crippen LogP contribution in [0.3, 0.4) is 0 Å². The first-order valence-electron chi connectivity index (χ1n) is 5.79. The lowest BCUT2D eigenvalue weighted by atomic mass is 9.64. The van der Waals surface area contributed by atoms with Crippen molar-refractivity contribution in [2.75, 3.05) is 0 Å². The molecule has 1 rings (SSSR count). The van der Waals surface area contributed by atoms with Crippen LogP contribution in [0.25, 0.3) is 0 Å². The predicted molar refractivity (Wildman–Crippen MR) is 57.2 cm³/mol. The van der Waals surface area contributed by atoms with Gasteiger partial charge in [0.15, 0.2) is 0 Å². The van der Waals surface area contributed by atoms with Crippen LogP contribution in [-0.2, 0) is 4.79 Å². The van der Waals surface area contributed by atoms with E-state index in [0.29, 0.717) is 17.8 Å². The molecule has 1 saturated carbocycles. The molecule has 2 nitrogen and oxygen atoms in total. The van der Waals surface area contributed by atoms with E-state index in [9.17, 15) is 4.79 Å². The van der Waals surface area contributed by atoms with Gasteiger partial charge in [-0.25, -0.2) is 0 Å². The van der Waals surface area contributed by atoms with Crippen molar-refractivity contribution in [1.29, 1.82) is 0 Å². The van der Waals surface area contributed by atoms with Crippen LogP contribution in [-0.4, -0.2) is 11.1 Å². The molecule has 0 atom stereocenters. The van der Waals surface area contributed by atoms with Gasteiger partial charge in [-0.3, -0.25) is 4.79 Å². The fourth-order valence-electron chi connectivity index (χ4n) is 2.73. The van der Waals surface area contributed by atoms with Crippen molar-refractivity contribution in [2.24, 2.45) is 11.3 Å². The highest BCUT2D eigenvalue weighted by atomic mass is 16.4. The third kappa shape index (κ3) is 2.73. The highest BCUT2D eigenvalue weighted by Gasteiger charge is 2.34. The molecule has 0 radical (unpaired) electrons. The minimum Gasteiger partial charge on any atom is -0.481 e. The van der Waals surface area contributed by atoms with Crippen LogP contribution in [0.5, 0.6) is 0 Å². The van der Waals surface area contributed by atoms with Crippen LogP contribution in [0.2, 0.25) is 0 Å². The van der Waals surface area contributed by atoms with E-state index in [2.05, 4.69) is 13.8 Å². The van der Waals surface area contributed by atoms with Gasteiger partial charge >= 0.3 is 5.97 Å². The fraction of sp³-hybridized carbons (Fsp3) is 0.917. The Hall–Kier alpha value is -0.530. The summed E-state index contributed by atoms with van der Waals surface area (Å²) in [4.78, 5) is 10.6. The third-order valence-electron chi connectivity index (χ3n) is 3.91. The molecule has 1 aliphatic rings. The average molecular weight is 198 g/mol. The van der Waals surface area contributed by atoms with Gasteiger partial charge in [0.1, 0.15) is 0 Å². The molecule has 0 saturated heterocycles. The van der Waals surface area contributed by atoms with Crippen LogP contribution in [0.1, 0.15) is 58.8 Å². The Morgan fingerprint density at radius 1 is 1.29 bits per heavy atom. The van der Waals surface area contributed by atoms with Crippen molar-refractivity contribution < 1.29 is 9.90 Å². The van der Waals surface area contributed by atoms with E-state index in [-0.39, 0.29) is 0 Å². The molecule has 0 aromatic heterocycles. The van der Waals surface area contributed by atoms with Crippen LogP contribution < -0.4 is 0 Å².